The van der Waals surface area contributed by atoms with Crippen LogP contribution in [0.5, 0.6) is 0 Å². The van der Waals surface area contributed by atoms with Crippen molar-refractivity contribution in [2.24, 2.45) is 0 Å². The number of carbonyl (C=O) groups is 1. The highest BCUT2D eigenvalue weighted by Crippen LogP contribution is 2.10. The zero-order valence-corrected chi connectivity index (χ0v) is 8.05. The van der Waals surface area contributed by atoms with Gasteiger partial charge in [0.2, 0.25) is 0 Å². The normalized spacial score (nSPS) is 10.6. The Morgan fingerprint density at radius 3 is 2.94 bits per heavy atom. The molecule has 0 fully saturated rings. The van der Waals surface area contributed by atoms with Crippen molar-refractivity contribution >= 4 is 16.9 Å². The molecule has 0 radical (unpaired) electrons. The van der Waals surface area contributed by atoms with E-state index >= 15 is 0 Å². The van der Waals surface area contributed by atoms with Crippen LogP contribution in [0, 0.1) is 5.82 Å². The third-order valence-electron chi connectivity index (χ3n) is 2.11. The Labute approximate surface area is 88.8 Å². The van der Waals surface area contributed by atoms with Gasteiger partial charge in [-0.15, -0.1) is 0 Å². The minimum absolute atomic E-state index is 0.189. The second-order valence-corrected chi connectivity index (χ2v) is 3.21. The third kappa shape index (κ3) is 1.65. The summed E-state index contributed by atoms with van der Waals surface area (Å²) in [4.78, 5) is 26.0. The van der Waals surface area contributed by atoms with Crippen LogP contribution in [0.25, 0.3) is 10.9 Å². The van der Waals surface area contributed by atoms with Crippen LogP contribution in [0.3, 0.4) is 0 Å². The first kappa shape index (κ1) is 10.3. The van der Waals surface area contributed by atoms with Crippen LogP contribution < -0.4 is 5.56 Å². The molecule has 0 spiro atoms. The molecule has 0 saturated heterocycles. The van der Waals surface area contributed by atoms with Gasteiger partial charge >= 0.3 is 5.97 Å². The number of carboxylic acid groups (broad SMARTS) is 1. The topological polar surface area (TPSA) is 72.2 Å². The summed E-state index contributed by atoms with van der Waals surface area (Å²) in [6, 6.07) is 4.06. The minimum atomic E-state index is -1.18. The molecule has 0 aliphatic rings. The van der Waals surface area contributed by atoms with E-state index in [9.17, 15) is 14.0 Å². The lowest BCUT2D eigenvalue weighted by Crippen LogP contribution is -2.25. The van der Waals surface area contributed by atoms with Crippen molar-refractivity contribution in [3.8, 4) is 0 Å². The van der Waals surface area contributed by atoms with Gasteiger partial charge in [0.05, 0.1) is 11.8 Å². The molecule has 82 valence electrons. The number of carboxylic acids is 1. The van der Waals surface area contributed by atoms with E-state index in [4.69, 9.17) is 5.11 Å². The van der Waals surface area contributed by atoms with E-state index in [-0.39, 0.29) is 10.9 Å². The molecular formula is C10H7FN2O3. The van der Waals surface area contributed by atoms with Crippen LogP contribution in [0.2, 0.25) is 0 Å². The number of fused-ring (bicyclic) bond motifs is 1. The molecule has 1 heterocycles. The van der Waals surface area contributed by atoms with Gasteiger partial charge in [0.1, 0.15) is 17.7 Å². The van der Waals surface area contributed by atoms with Gasteiger partial charge < -0.3 is 5.11 Å². The first-order chi connectivity index (χ1) is 7.59. The average Bonchev–Trinajstić information content (AvgIpc) is 2.22. The zero-order chi connectivity index (χ0) is 11.7. The Balaban J connectivity index is 2.73. The molecule has 0 unspecified atom stereocenters. The predicted octanol–water partition coefficient (Wildman–Crippen LogP) is 0.620. The fourth-order valence-corrected chi connectivity index (χ4v) is 1.42. The molecule has 0 saturated carbocycles. The lowest BCUT2D eigenvalue weighted by Gasteiger charge is -2.03. The summed E-state index contributed by atoms with van der Waals surface area (Å²) in [7, 11) is 0. The van der Waals surface area contributed by atoms with Gasteiger partial charge in [-0.1, -0.05) is 6.07 Å². The van der Waals surface area contributed by atoms with Crippen molar-refractivity contribution in [3.05, 3.63) is 40.7 Å². The molecule has 0 amide bonds. The number of benzene rings is 1. The molecule has 0 atom stereocenters. The smallest absolute Gasteiger partial charge is 0.323 e. The molecule has 16 heavy (non-hydrogen) atoms. The minimum Gasteiger partial charge on any atom is -0.480 e. The van der Waals surface area contributed by atoms with Crippen molar-refractivity contribution < 1.29 is 14.3 Å². The monoisotopic (exact) mass is 222 g/mol. The van der Waals surface area contributed by atoms with E-state index in [2.05, 4.69) is 4.98 Å². The summed E-state index contributed by atoms with van der Waals surface area (Å²) >= 11 is 0. The second-order valence-electron chi connectivity index (χ2n) is 3.21. The van der Waals surface area contributed by atoms with E-state index in [1.165, 1.54) is 12.1 Å². The molecule has 2 rings (SSSR count). The summed E-state index contributed by atoms with van der Waals surface area (Å²) in [5, 5.41) is 8.36. The highest BCUT2D eigenvalue weighted by Gasteiger charge is 2.10. The Morgan fingerprint density at radius 2 is 2.25 bits per heavy atom. The van der Waals surface area contributed by atoms with Gasteiger partial charge in [0, 0.05) is 0 Å². The van der Waals surface area contributed by atoms with Gasteiger partial charge in [0.15, 0.2) is 0 Å². The maximum atomic E-state index is 13.4. The van der Waals surface area contributed by atoms with E-state index < -0.39 is 23.9 Å². The Bertz CT molecular complexity index is 621. The molecule has 1 aromatic carbocycles. The summed E-state index contributed by atoms with van der Waals surface area (Å²) in [6.07, 6.45) is 1.10. The third-order valence-corrected chi connectivity index (χ3v) is 2.11. The van der Waals surface area contributed by atoms with Crippen molar-refractivity contribution in [1.29, 1.82) is 0 Å². The Kier molecular flexibility index (Phi) is 2.40. The molecule has 2 aromatic rings. The molecule has 5 nitrogen and oxygen atoms in total. The van der Waals surface area contributed by atoms with Gasteiger partial charge in [0.25, 0.3) is 5.56 Å². The van der Waals surface area contributed by atoms with Crippen molar-refractivity contribution in [2.45, 2.75) is 6.54 Å². The number of halogens is 1. The van der Waals surface area contributed by atoms with E-state index in [0.717, 1.165) is 17.0 Å². The Hall–Kier alpha value is -2.24. The number of hydrogen-bond donors (Lipinski definition) is 1. The van der Waals surface area contributed by atoms with Crippen LogP contribution in [-0.4, -0.2) is 20.6 Å². The highest BCUT2D eigenvalue weighted by atomic mass is 19.1. The number of aliphatic carboxylic acids is 1. The SMILES string of the molecule is O=C(O)Cn1cnc2cccc(F)c2c1=O. The summed E-state index contributed by atoms with van der Waals surface area (Å²) in [6.45, 7) is -0.532. The first-order valence-electron chi connectivity index (χ1n) is 4.45. The lowest BCUT2D eigenvalue weighted by molar-refractivity contribution is -0.137. The van der Waals surface area contributed by atoms with Crippen LogP contribution in [-0.2, 0) is 11.3 Å². The highest BCUT2D eigenvalue weighted by molar-refractivity contribution is 5.78. The van der Waals surface area contributed by atoms with Crippen LogP contribution in [0.15, 0.2) is 29.3 Å². The van der Waals surface area contributed by atoms with E-state index in [1.54, 1.807) is 0 Å². The summed E-state index contributed by atoms with van der Waals surface area (Å²) in [5.74, 6) is -1.88. The Morgan fingerprint density at radius 1 is 1.50 bits per heavy atom. The quantitative estimate of drug-likeness (QED) is 0.808. The van der Waals surface area contributed by atoms with Crippen LogP contribution in [0.4, 0.5) is 4.39 Å². The molecule has 0 bridgehead atoms. The number of aromatic nitrogens is 2. The average molecular weight is 222 g/mol. The number of hydrogen-bond acceptors (Lipinski definition) is 3. The maximum absolute atomic E-state index is 13.4. The summed E-state index contributed by atoms with van der Waals surface area (Å²) in [5.41, 5.74) is -0.475. The van der Waals surface area contributed by atoms with Gasteiger partial charge in [-0.2, -0.15) is 0 Å². The molecule has 0 aliphatic heterocycles. The molecule has 0 aliphatic carbocycles. The standard InChI is InChI=1S/C10H7FN2O3/c11-6-2-1-3-7-9(6)10(16)13(5-12-7)4-8(14)15/h1-3,5H,4H2,(H,14,15). The van der Waals surface area contributed by atoms with Crippen LogP contribution in [0.1, 0.15) is 0 Å². The van der Waals surface area contributed by atoms with E-state index in [0.29, 0.717) is 0 Å². The second kappa shape index (κ2) is 3.73. The van der Waals surface area contributed by atoms with Gasteiger partial charge in [-0.05, 0) is 12.1 Å². The van der Waals surface area contributed by atoms with Crippen LogP contribution >= 0.6 is 0 Å². The predicted molar refractivity (Wildman–Crippen MR) is 53.6 cm³/mol. The number of rotatable bonds is 2. The van der Waals surface area contributed by atoms with E-state index in [1.807, 2.05) is 0 Å². The first-order valence-corrected chi connectivity index (χ1v) is 4.45. The largest absolute Gasteiger partial charge is 0.480 e. The van der Waals surface area contributed by atoms with Crippen molar-refractivity contribution in [3.63, 3.8) is 0 Å². The lowest BCUT2D eigenvalue weighted by atomic mass is 10.2. The molecule has 1 N–H and O–H groups in total. The van der Waals surface area contributed by atoms with Crippen molar-refractivity contribution in [1.82, 2.24) is 9.55 Å². The number of nitrogens with zero attached hydrogens (tertiary/aromatic N) is 2. The fourth-order valence-electron chi connectivity index (χ4n) is 1.42. The molecular weight excluding hydrogens is 215 g/mol. The molecule has 6 heteroatoms. The maximum Gasteiger partial charge on any atom is 0.323 e. The van der Waals surface area contributed by atoms with Crippen molar-refractivity contribution in [2.75, 3.05) is 0 Å². The van der Waals surface area contributed by atoms with Gasteiger partial charge in [-0.3, -0.25) is 14.2 Å². The van der Waals surface area contributed by atoms with Gasteiger partial charge in [-0.25, -0.2) is 9.37 Å². The fraction of sp³-hybridized carbons (Fsp3) is 0.100. The summed E-state index contributed by atoms with van der Waals surface area (Å²) < 4.78 is 14.2. The molecule has 1 aromatic heterocycles. The zero-order valence-electron chi connectivity index (χ0n) is 8.05.